The summed E-state index contributed by atoms with van der Waals surface area (Å²) in [6, 6.07) is 6.99. The average Bonchev–Trinajstić information content (AvgIpc) is 2.34. The molecule has 17 heavy (non-hydrogen) atoms. The van der Waals surface area contributed by atoms with E-state index in [1.54, 1.807) is 31.4 Å². The van der Waals surface area contributed by atoms with E-state index in [4.69, 9.17) is 32.7 Å². The Kier molecular flexibility index (Phi) is 3.61. The molecular formula is C10H7Cl2N3O2. The largest absolute Gasteiger partial charge is 0.497 e. The Bertz CT molecular complexity index is 537. The third kappa shape index (κ3) is 2.95. The molecule has 1 heterocycles. The third-order valence-electron chi connectivity index (χ3n) is 1.85. The molecule has 0 radical (unpaired) electrons. The number of methoxy groups -OCH3 is 1. The molecular weight excluding hydrogens is 265 g/mol. The maximum Gasteiger partial charge on any atom is 0.262 e. The minimum Gasteiger partial charge on any atom is -0.497 e. The number of hydrogen-bond donors (Lipinski definition) is 0. The Morgan fingerprint density at radius 1 is 1.12 bits per heavy atom. The first-order valence-corrected chi connectivity index (χ1v) is 5.32. The van der Waals surface area contributed by atoms with Gasteiger partial charge in [0, 0.05) is 6.07 Å². The van der Waals surface area contributed by atoms with Gasteiger partial charge in [0.15, 0.2) is 0 Å². The first kappa shape index (κ1) is 11.9. The zero-order chi connectivity index (χ0) is 12.3. The van der Waals surface area contributed by atoms with Crippen LogP contribution in [0.3, 0.4) is 0 Å². The van der Waals surface area contributed by atoms with E-state index in [0.29, 0.717) is 11.5 Å². The number of aromatic nitrogens is 3. The molecule has 1 aromatic carbocycles. The predicted molar refractivity (Wildman–Crippen MR) is 62.9 cm³/mol. The Morgan fingerprint density at radius 3 is 2.65 bits per heavy atom. The highest BCUT2D eigenvalue weighted by Crippen LogP contribution is 2.27. The molecule has 2 rings (SSSR count). The summed E-state index contributed by atoms with van der Waals surface area (Å²) in [4.78, 5) is 3.82. The Labute approximate surface area is 107 Å². The Morgan fingerprint density at radius 2 is 1.88 bits per heavy atom. The molecule has 0 saturated carbocycles. The first-order chi connectivity index (χ1) is 8.19. The number of ether oxygens (including phenoxy) is 2. The molecule has 0 aliphatic rings. The minimum atomic E-state index is -0.0349. The highest BCUT2D eigenvalue weighted by molar-refractivity contribution is 6.31. The van der Waals surface area contributed by atoms with Crippen molar-refractivity contribution in [3.05, 3.63) is 34.7 Å². The monoisotopic (exact) mass is 271 g/mol. The molecule has 0 bridgehead atoms. The zero-order valence-electron chi connectivity index (χ0n) is 8.72. The maximum atomic E-state index is 5.77. The van der Waals surface area contributed by atoms with E-state index in [-0.39, 0.29) is 16.3 Å². The quantitative estimate of drug-likeness (QED) is 0.859. The average molecular weight is 272 g/mol. The van der Waals surface area contributed by atoms with Crippen molar-refractivity contribution in [3.63, 3.8) is 0 Å². The van der Waals surface area contributed by atoms with Gasteiger partial charge in [-0.15, -0.1) is 10.2 Å². The van der Waals surface area contributed by atoms with E-state index in [1.807, 2.05) is 0 Å². The van der Waals surface area contributed by atoms with E-state index >= 15 is 0 Å². The Balaban J connectivity index is 2.27. The van der Waals surface area contributed by atoms with Crippen molar-refractivity contribution in [2.24, 2.45) is 0 Å². The summed E-state index contributed by atoms with van der Waals surface area (Å²) in [6.45, 7) is 0. The summed E-state index contributed by atoms with van der Waals surface area (Å²) in [6.07, 6.45) is 0. The van der Waals surface area contributed by atoms with Gasteiger partial charge in [-0.2, -0.15) is 4.98 Å². The molecule has 2 aromatic rings. The molecule has 1 aromatic heterocycles. The fourth-order valence-corrected chi connectivity index (χ4v) is 1.35. The van der Waals surface area contributed by atoms with Crippen LogP contribution in [-0.2, 0) is 0 Å². The fraction of sp³-hybridized carbons (Fsp3) is 0.100. The van der Waals surface area contributed by atoms with Crippen LogP contribution in [0.1, 0.15) is 0 Å². The van der Waals surface area contributed by atoms with E-state index in [1.165, 1.54) is 0 Å². The predicted octanol–water partition coefficient (Wildman–Crippen LogP) is 2.98. The first-order valence-electron chi connectivity index (χ1n) is 4.56. The van der Waals surface area contributed by atoms with Crippen molar-refractivity contribution in [1.82, 2.24) is 15.2 Å². The lowest BCUT2D eigenvalue weighted by atomic mass is 10.3. The lowest BCUT2D eigenvalue weighted by molar-refractivity contribution is 0.407. The van der Waals surface area contributed by atoms with Gasteiger partial charge in [0.25, 0.3) is 5.88 Å². The highest BCUT2D eigenvalue weighted by Gasteiger charge is 2.09. The minimum absolute atomic E-state index is 0.0349. The van der Waals surface area contributed by atoms with Crippen LogP contribution in [0.4, 0.5) is 0 Å². The summed E-state index contributed by atoms with van der Waals surface area (Å²) in [7, 11) is 1.56. The Hall–Kier alpha value is -1.59. The van der Waals surface area contributed by atoms with Crippen molar-refractivity contribution < 1.29 is 9.47 Å². The van der Waals surface area contributed by atoms with Gasteiger partial charge in [-0.25, -0.2) is 0 Å². The molecule has 0 amide bonds. The molecule has 0 unspecified atom stereocenters. The van der Waals surface area contributed by atoms with Gasteiger partial charge < -0.3 is 9.47 Å². The van der Waals surface area contributed by atoms with Gasteiger partial charge >= 0.3 is 0 Å². The second kappa shape index (κ2) is 5.16. The van der Waals surface area contributed by atoms with Crippen LogP contribution in [0, 0.1) is 0 Å². The second-order valence-corrected chi connectivity index (χ2v) is 3.65. The zero-order valence-corrected chi connectivity index (χ0v) is 10.2. The highest BCUT2D eigenvalue weighted by atomic mass is 35.5. The number of hydrogen-bond acceptors (Lipinski definition) is 5. The van der Waals surface area contributed by atoms with Gasteiger partial charge in [-0.05, 0) is 23.7 Å². The van der Waals surface area contributed by atoms with Crippen molar-refractivity contribution >= 4 is 23.2 Å². The molecule has 0 N–H and O–H groups in total. The lowest BCUT2D eigenvalue weighted by Crippen LogP contribution is -1.95. The van der Waals surface area contributed by atoms with Crippen molar-refractivity contribution in [1.29, 1.82) is 0 Å². The fourth-order valence-electron chi connectivity index (χ4n) is 1.12. The molecule has 0 aliphatic heterocycles. The van der Waals surface area contributed by atoms with Crippen LogP contribution in [0.2, 0.25) is 10.4 Å². The number of halogens is 2. The molecule has 88 valence electrons. The molecule has 0 saturated heterocycles. The van der Waals surface area contributed by atoms with E-state index in [2.05, 4.69) is 15.2 Å². The lowest BCUT2D eigenvalue weighted by Gasteiger charge is -2.06. The van der Waals surface area contributed by atoms with Crippen LogP contribution < -0.4 is 9.47 Å². The summed E-state index contributed by atoms with van der Waals surface area (Å²) >= 11 is 11.4. The van der Waals surface area contributed by atoms with E-state index in [0.717, 1.165) is 0 Å². The summed E-state index contributed by atoms with van der Waals surface area (Å²) < 4.78 is 10.5. The molecule has 0 aliphatic carbocycles. The van der Waals surface area contributed by atoms with Crippen LogP contribution in [0.5, 0.6) is 17.4 Å². The molecule has 0 spiro atoms. The SMILES string of the molecule is COc1cccc(Oc2nc(Cl)nnc2Cl)c1. The number of rotatable bonds is 3. The molecule has 0 fully saturated rings. The van der Waals surface area contributed by atoms with Crippen LogP contribution >= 0.6 is 23.2 Å². The van der Waals surface area contributed by atoms with Crippen LogP contribution in [0.15, 0.2) is 24.3 Å². The van der Waals surface area contributed by atoms with Gasteiger partial charge in [0.05, 0.1) is 7.11 Å². The summed E-state index contributed by atoms with van der Waals surface area (Å²) in [5.41, 5.74) is 0. The molecule has 5 nitrogen and oxygen atoms in total. The second-order valence-electron chi connectivity index (χ2n) is 2.96. The molecule has 0 atom stereocenters. The third-order valence-corrected chi connectivity index (χ3v) is 2.24. The van der Waals surface area contributed by atoms with Crippen LogP contribution in [-0.4, -0.2) is 22.3 Å². The van der Waals surface area contributed by atoms with Gasteiger partial charge in [-0.1, -0.05) is 17.7 Å². The number of benzene rings is 1. The van der Waals surface area contributed by atoms with Gasteiger partial charge in [0.1, 0.15) is 11.5 Å². The van der Waals surface area contributed by atoms with Gasteiger partial charge in [0.2, 0.25) is 10.4 Å². The molecule has 7 heteroatoms. The topological polar surface area (TPSA) is 57.1 Å². The van der Waals surface area contributed by atoms with E-state index in [9.17, 15) is 0 Å². The van der Waals surface area contributed by atoms with Gasteiger partial charge in [-0.3, -0.25) is 0 Å². The van der Waals surface area contributed by atoms with Crippen molar-refractivity contribution in [3.8, 4) is 17.4 Å². The van der Waals surface area contributed by atoms with Crippen molar-refractivity contribution in [2.75, 3.05) is 7.11 Å². The standard InChI is InChI=1S/C10H7Cl2N3O2/c1-16-6-3-2-4-7(5-6)17-9-8(11)14-15-10(12)13-9/h2-5H,1H3. The van der Waals surface area contributed by atoms with Crippen LogP contribution in [0.25, 0.3) is 0 Å². The van der Waals surface area contributed by atoms with E-state index < -0.39 is 0 Å². The summed E-state index contributed by atoms with van der Waals surface area (Å²) in [5, 5.41) is 7.07. The number of nitrogens with zero attached hydrogens (tertiary/aromatic N) is 3. The van der Waals surface area contributed by atoms with Crippen molar-refractivity contribution in [2.45, 2.75) is 0 Å². The smallest absolute Gasteiger partial charge is 0.262 e. The normalized spacial score (nSPS) is 10.1. The maximum absolute atomic E-state index is 5.77. The summed E-state index contributed by atoms with van der Waals surface area (Å²) in [5.74, 6) is 1.27.